The number of piperidine rings is 1. The van der Waals surface area contributed by atoms with Gasteiger partial charge in [0.05, 0.1) is 55.1 Å². The molecule has 5 N–H and O–H groups in total. The Balaban J connectivity index is 0.618. The van der Waals surface area contributed by atoms with E-state index in [1.54, 1.807) is 20.9 Å². The highest BCUT2D eigenvalue weighted by Crippen LogP contribution is 2.42. The predicted octanol–water partition coefficient (Wildman–Crippen LogP) is 12.7. The third kappa shape index (κ3) is 14.7. The zero-order chi connectivity index (χ0) is 63.7. The molecule has 20 heteroatoms. The van der Waals surface area contributed by atoms with E-state index in [0.717, 1.165) is 127 Å². The number of ether oxygens (including phenoxy) is 1. The molecule has 6 amide bonds. The number of amides is 6. The summed E-state index contributed by atoms with van der Waals surface area (Å²) in [5.41, 5.74) is 9.48. The molecule has 3 aromatic heterocycles. The van der Waals surface area contributed by atoms with Crippen molar-refractivity contribution in [2.24, 2.45) is 11.8 Å². The van der Waals surface area contributed by atoms with Gasteiger partial charge in [-0.3, -0.25) is 19.3 Å². The molecule has 0 unspecified atom stereocenters. The minimum Gasteiger partial charge on any atom is -0.477 e. The Hall–Kier alpha value is -8.62. The Labute approximate surface area is 542 Å². The molecule has 482 valence electrons. The number of carboxylic acid groups (broad SMARTS) is 1. The number of hydrogen-bond acceptors (Lipinski definition) is 11. The number of aromatic carboxylic acids is 1. The highest BCUT2D eigenvalue weighted by molar-refractivity contribution is 7.18. The number of unbranched alkanes of at least 4 members (excludes halogenated alkanes) is 1. The van der Waals surface area contributed by atoms with Crippen LogP contribution in [-0.2, 0) is 32.1 Å². The van der Waals surface area contributed by atoms with E-state index in [1.807, 2.05) is 53.6 Å². The van der Waals surface area contributed by atoms with Crippen LogP contribution in [0, 0.1) is 11.8 Å². The van der Waals surface area contributed by atoms with Gasteiger partial charge >= 0.3 is 18.1 Å². The standard InChI is InChI=1S/C72H85N11O8S/c1-47-21-23-53(24-22-47)68(85)83(62-43-63(92-65(62)70(87)88)52-14-4-3-5-15-52)56-33-40-80(41-34-56)71(89)73-35-9-8-18-57(78-72(90)91-2)69(86)82-39-13-20-61(82)67-75-45-59(77-67)51-31-27-49(28-32-51)48-25-29-50(30-26-48)58-44-74-66(76-58)60-19-12-38-81(60)64(84)42-54-16-6-7-17-55(54)46-79-36-10-11-37-79/h3-7,14-17,25-32,43-45,47,53,56-57,60-61H,8-13,18-24,33-42,46H2,1-2H3,(H,73,89)(H,74,76)(H,75,77)(H,78,90)(H,87,88)/t47?,53?,57-,60-,61-/m0/s1. The van der Waals surface area contributed by atoms with Crippen molar-refractivity contribution in [2.75, 3.05) is 57.8 Å². The molecule has 4 aliphatic heterocycles. The first-order chi connectivity index (χ1) is 44.8. The van der Waals surface area contributed by atoms with Crippen LogP contribution in [0.2, 0.25) is 0 Å². The number of hydrogen-bond donors (Lipinski definition) is 5. The van der Waals surface area contributed by atoms with Crippen molar-refractivity contribution in [3.8, 4) is 44.1 Å². The summed E-state index contributed by atoms with van der Waals surface area (Å²) in [6.45, 7) is 7.71. The molecule has 1 aliphatic carbocycles. The lowest BCUT2D eigenvalue weighted by molar-refractivity contribution is -0.134. The molecule has 12 rings (SSSR count). The first kappa shape index (κ1) is 63.5. The number of aromatic nitrogens is 4. The second-order valence-corrected chi connectivity index (χ2v) is 26.7. The SMILES string of the molecule is COC(=O)N[C@@H](CCCCNC(=O)N1CCC(N(C(=O)C2CCC(C)CC2)c2cc(-c3ccccc3)sc2C(=O)O)CC1)C(=O)N1CCC[C@H]1c1ncc(-c2ccc(-c3ccc(-c4cnc([C@@H]5CCCN5C(=O)Cc5ccccc5CN5CCCC5)[nH]4)cc3)cc2)[nH]1. The fraction of sp³-hybridized carbons (Fsp3) is 0.444. The van der Waals surface area contributed by atoms with Gasteiger partial charge in [0.2, 0.25) is 17.7 Å². The number of anilines is 1. The van der Waals surface area contributed by atoms with E-state index in [2.05, 4.69) is 99.2 Å². The zero-order valence-corrected chi connectivity index (χ0v) is 53.6. The van der Waals surface area contributed by atoms with Crippen molar-refractivity contribution in [3.63, 3.8) is 0 Å². The minimum atomic E-state index is -1.07. The highest BCUT2D eigenvalue weighted by Gasteiger charge is 2.40. The topological polar surface area (TPSA) is 229 Å². The van der Waals surface area contributed by atoms with Crippen LogP contribution in [0.1, 0.15) is 148 Å². The first-order valence-electron chi connectivity index (χ1n) is 33.2. The lowest BCUT2D eigenvalue weighted by atomic mass is 9.82. The number of benzene rings is 4. The number of carboxylic acids is 1. The lowest BCUT2D eigenvalue weighted by Crippen LogP contribution is -2.52. The van der Waals surface area contributed by atoms with Crippen LogP contribution in [0.5, 0.6) is 0 Å². The number of rotatable bonds is 21. The van der Waals surface area contributed by atoms with Crippen LogP contribution in [0.25, 0.3) is 44.1 Å². The number of aromatic amines is 2. The molecule has 0 bridgehead atoms. The van der Waals surface area contributed by atoms with Gasteiger partial charge in [-0.1, -0.05) is 110 Å². The van der Waals surface area contributed by atoms with Crippen LogP contribution in [-0.4, -0.2) is 145 Å². The number of carbonyl (C=O) groups is 6. The lowest BCUT2D eigenvalue weighted by Gasteiger charge is -2.40. The maximum Gasteiger partial charge on any atom is 0.407 e. The third-order valence-electron chi connectivity index (χ3n) is 19.6. The quantitative estimate of drug-likeness (QED) is 0.0425. The van der Waals surface area contributed by atoms with Gasteiger partial charge in [-0.15, -0.1) is 11.3 Å². The highest BCUT2D eigenvalue weighted by atomic mass is 32.1. The average Bonchev–Trinajstić information content (AvgIpc) is 1.62. The van der Waals surface area contributed by atoms with Crippen LogP contribution in [0.3, 0.4) is 0 Å². The molecule has 4 aromatic carbocycles. The molecule has 5 aliphatic rings. The summed E-state index contributed by atoms with van der Waals surface area (Å²) < 4.78 is 4.96. The Kier molecular flexibility index (Phi) is 20.3. The van der Waals surface area contributed by atoms with Crippen molar-refractivity contribution < 1.29 is 38.6 Å². The number of likely N-dealkylation sites (tertiary alicyclic amines) is 4. The van der Waals surface area contributed by atoms with Crippen LogP contribution >= 0.6 is 11.3 Å². The van der Waals surface area contributed by atoms with E-state index in [0.29, 0.717) is 88.6 Å². The van der Waals surface area contributed by atoms with Crippen molar-refractivity contribution in [1.29, 1.82) is 0 Å². The van der Waals surface area contributed by atoms with E-state index in [9.17, 15) is 33.9 Å². The van der Waals surface area contributed by atoms with E-state index in [1.165, 1.54) is 36.9 Å². The molecule has 1 saturated carbocycles. The Morgan fingerprint density at radius 3 is 1.87 bits per heavy atom. The zero-order valence-electron chi connectivity index (χ0n) is 52.8. The summed E-state index contributed by atoms with van der Waals surface area (Å²) >= 11 is 1.19. The average molecular weight is 1260 g/mol. The molecule has 0 spiro atoms. The molecular formula is C72H85N11O8S. The number of nitrogens with zero attached hydrogens (tertiary/aromatic N) is 7. The van der Waals surface area contributed by atoms with Crippen molar-refractivity contribution in [3.05, 3.63) is 149 Å². The van der Waals surface area contributed by atoms with Gasteiger partial charge in [0.1, 0.15) is 22.6 Å². The van der Waals surface area contributed by atoms with Gasteiger partial charge in [0.15, 0.2) is 0 Å². The van der Waals surface area contributed by atoms with Gasteiger partial charge in [-0.2, -0.15) is 0 Å². The summed E-state index contributed by atoms with van der Waals surface area (Å²) in [4.78, 5) is 109. The Bertz CT molecular complexity index is 3690. The third-order valence-corrected chi connectivity index (χ3v) is 20.8. The largest absolute Gasteiger partial charge is 0.477 e. The number of thiophene rings is 1. The minimum absolute atomic E-state index is 0.0306. The van der Waals surface area contributed by atoms with E-state index in [-0.39, 0.29) is 52.7 Å². The van der Waals surface area contributed by atoms with Crippen molar-refractivity contribution in [1.82, 2.24) is 50.2 Å². The second kappa shape index (κ2) is 29.3. The first-order valence-corrected chi connectivity index (χ1v) is 34.0. The summed E-state index contributed by atoms with van der Waals surface area (Å²) in [6, 6.07) is 34.8. The number of nitrogens with one attached hydrogen (secondary N) is 4. The second-order valence-electron chi connectivity index (χ2n) is 25.7. The number of methoxy groups -OCH3 is 1. The fourth-order valence-corrected chi connectivity index (χ4v) is 15.4. The number of imidazole rings is 2. The van der Waals surface area contributed by atoms with Crippen molar-refractivity contribution >= 4 is 52.8 Å². The molecular weight excluding hydrogens is 1180 g/mol. The molecule has 4 saturated heterocycles. The molecule has 0 radical (unpaired) electrons. The van der Waals surface area contributed by atoms with Gasteiger partial charge < -0.3 is 50.0 Å². The normalized spacial score (nSPS) is 19.9. The van der Waals surface area contributed by atoms with Gasteiger partial charge in [0, 0.05) is 56.1 Å². The molecule has 19 nitrogen and oxygen atoms in total. The van der Waals surface area contributed by atoms with E-state index < -0.39 is 18.1 Å². The molecule has 7 heterocycles. The Morgan fingerprint density at radius 2 is 1.25 bits per heavy atom. The summed E-state index contributed by atoms with van der Waals surface area (Å²) in [7, 11) is 1.27. The summed E-state index contributed by atoms with van der Waals surface area (Å²) in [6.07, 6.45) is 15.0. The van der Waals surface area contributed by atoms with Crippen LogP contribution < -0.4 is 15.5 Å². The number of H-pyrrole nitrogens is 2. The van der Waals surface area contributed by atoms with Gasteiger partial charge in [-0.25, -0.2) is 24.4 Å². The summed E-state index contributed by atoms with van der Waals surface area (Å²) in [5, 5.41) is 16.3. The molecule has 7 aromatic rings. The molecule has 92 heavy (non-hydrogen) atoms. The maximum absolute atomic E-state index is 14.5. The van der Waals surface area contributed by atoms with Gasteiger partial charge in [-0.05, 0) is 160 Å². The van der Waals surface area contributed by atoms with Crippen LogP contribution in [0.15, 0.2) is 122 Å². The number of urea groups is 1. The Morgan fingerprint density at radius 1 is 0.663 bits per heavy atom. The van der Waals surface area contributed by atoms with E-state index >= 15 is 0 Å². The number of alkyl carbamates (subject to hydrolysis) is 1. The maximum atomic E-state index is 14.5. The molecule has 5 fully saturated rings. The smallest absolute Gasteiger partial charge is 0.407 e. The van der Waals surface area contributed by atoms with E-state index in [4.69, 9.17) is 14.7 Å². The fourth-order valence-electron chi connectivity index (χ4n) is 14.4. The van der Waals surface area contributed by atoms with Crippen LogP contribution in [0.4, 0.5) is 15.3 Å². The van der Waals surface area contributed by atoms with Gasteiger partial charge in [0.25, 0.3) is 0 Å². The molecule has 3 atom stereocenters. The number of carbonyl (C=O) groups excluding carboxylic acids is 5. The predicted molar refractivity (Wildman–Crippen MR) is 356 cm³/mol. The summed E-state index contributed by atoms with van der Waals surface area (Å²) in [5.74, 6) is 0.674. The van der Waals surface area contributed by atoms with Crippen molar-refractivity contribution in [2.45, 2.75) is 140 Å². The monoisotopic (exact) mass is 1260 g/mol.